The van der Waals surface area contributed by atoms with Crippen LogP contribution in [-0.4, -0.2) is 126 Å². The van der Waals surface area contributed by atoms with E-state index in [0.717, 1.165) is 78.1 Å². The van der Waals surface area contributed by atoms with Crippen molar-refractivity contribution < 1.29 is 18.9 Å². The van der Waals surface area contributed by atoms with Crippen molar-refractivity contribution in [1.29, 1.82) is 0 Å². The van der Waals surface area contributed by atoms with E-state index in [9.17, 15) is 24.0 Å². The minimum absolute atomic E-state index is 0.180. The molecule has 0 spiro atoms. The Labute approximate surface area is 794 Å². The minimum Gasteiger partial charge on any atom is -0.497 e. The first-order chi connectivity index (χ1) is 65.9. The molecule has 11 heterocycles. The summed E-state index contributed by atoms with van der Waals surface area (Å²) in [5.41, 5.74) is 15.4. The lowest BCUT2D eigenvalue weighted by Gasteiger charge is -2.11. The summed E-state index contributed by atoms with van der Waals surface area (Å²) in [6.07, 6.45) is 0. The fourth-order valence-electron chi connectivity index (χ4n) is 14.2. The zero-order chi connectivity index (χ0) is 95.0. The maximum absolute atomic E-state index is 12.5. The van der Waals surface area contributed by atoms with Crippen LogP contribution < -0.4 is 73.3 Å². The second-order valence-electron chi connectivity index (χ2n) is 30.9. The number of benzene rings is 9. The third kappa shape index (κ3) is 22.5. The van der Waals surface area contributed by atoms with Crippen molar-refractivity contribution in [2.45, 2.75) is 74.3 Å². The van der Waals surface area contributed by atoms with Crippen LogP contribution in [-0.2, 0) is 32.7 Å². The van der Waals surface area contributed by atoms with Gasteiger partial charge in [-0.3, -0.25) is 49.5 Å². The Hall–Kier alpha value is -16.5. The van der Waals surface area contributed by atoms with Gasteiger partial charge in [-0.15, -0.1) is 11.3 Å². The van der Waals surface area contributed by atoms with Crippen LogP contribution >= 0.6 is 46.1 Å². The molecule has 11 aromatic heterocycles. The number of halogens is 3. The van der Waals surface area contributed by atoms with E-state index in [2.05, 4.69) is 109 Å². The number of thiophene rings is 1. The number of para-hydroxylation sites is 2. The van der Waals surface area contributed by atoms with Gasteiger partial charge >= 0.3 is 0 Å². The molecule has 0 saturated heterocycles. The summed E-state index contributed by atoms with van der Waals surface area (Å²) in [5, 5.41) is 35.0. The normalized spacial score (nSPS) is 11.0. The molecule has 136 heavy (non-hydrogen) atoms. The van der Waals surface area contributed by atoms with E-state index in [1.165, 1.54) is 64.0 Å². The smallest absolute Gasteiger partial charge is 0.274 e. The van der Waals surface area contributed by atoms with Gasteiger partial charge in [-0.05, 0) is 184 Å². The predicted octanol–water partition coefficient (Wildman–Crippen LogP) is 17.5. The molecule has 0 bridgehead atoms. The van der Waals surface area contributed by atoms with Crippen molar-refractivity contribution >= 4 is 103 Å². The van der Waals surface area contributed by atoms with Crippen LogP contribution in [0.4, 0.5) is 28.4 Å². The molecule has 0 saturated carbocycles. The van der Waals surface area contributed by atoms with Crippen LogP contribution in [0.5, 0.6) is 23.0 Å². The Morgan fingerprint density at radius 3 is 1.23 bits per heavy atom. The fourth-order valence-corrected chi connectivity index (χ4v) is 15.4. The molecular weight excluding hydrogens is 1810 g/mol. The Morgan fingerprint density at radius 1 is 0.324 bits per heavy atom. The highest BCUT2D eigenvalue weighted by Gasteiger charge is 2.19. The zero-order valence-electron chi connectivity index (χ0n) is 74.8. The molecule has 0 aliphatic carbocycles. The van der Waals surface area contributed by atoms with E-state index < -0.39 is 0 Å². The summed E-state index contributed by atoms with van der Waals surface area (Å²) in [4.78, 5) is 108. The van der Waals surface area contributed by atoms with Crippen molar-refractivity contribution in [3.63, 3.8) is 0 Å². The van der Waals surface area contributed by atoms with Crippen LogP contribution in [0.3, 0.4) is 0 Å². The molecule has 0 atom stereocenters. The molecule has 0 amide bonds. The number of nitrogens with zero attached hydrogens (tertiary/aromatic N) is 15. The number of aromatic amines is 5. The summed E-state index contributed by atoms with van der Waals surface area (Å²) in [6.45, 7) is 14.6. The molecule has 20 aromatic rings. The van der Waals surface area contributed by atoms with E-state index in [0.29, 0.717) is 152 Å². The van der Waals surface area contributed by atoms with Gasteiger partial charge in [0.2, 0.25) is 0 Å². The number of anilines is 5. The standard InChI is InChI=1S/C21H20ClN5O2.C20H18ClN5O3.C20H18ClN5O.C19H17N5O.C18H17N5O2S/c1-12-4-5-14(8-13(12)2)20-25-21-24-16(10-19(28)27(21)26-20)11-23-17-9-15(22)6-7-18(17)29-3;1-28-15-6-3-12(4-7-15)19-24-20-23-14(10-18(27)26(20)25-19)11-22-16-9-13(21)5-8-17(16)29-2;1-12-5-3-4-6-16(12)19-24-20-23-15(10-18(27)26(20)25-19)11-22-17-9-14(21)8-7-13(17)2;1-13-6-5-9-15(10-13)20-12-16-11-17(25)24-19(21-16)22-18(23-24)14-7-3-2-4-8-14;1-2-25-14-7-4-3-6-13(14)19-11-12-10-16(24)23-18(20-12)21-17(22-23)15-8-5-9-26-15/h4-10,23H,11H2,1-3H3,(H,24,25,26);3-10,22H,11H2,1-2H3,(H,23,24,25);3-10,22H,11H2,1-2H3,(H,23,24,25);2-11,20H,12H2,1H3,(H,21,22,23);3-10,19H,2,11H2,1H3,(H,20,21,22). The summed E-state index contributed by atoms with van der Waals surface area (Å²) < 4.78 is 28.1. The van der Waals surface area contributed by atoms with Crippen molar-refractivity contribution in [2.24, 2.45) is 0 Å². The number of hydrogen-bond acceptors (Lipinski definition) is 25. The van der Waals surface area contributed by atoms with Crippen LogP contribution in [0.25, 0.3) is 85.1 Å². The number of ether oxygens (including phenoxy) is 4. The molecule has 20 rings (SSSR count). The number of aromatic nitrogens is 20. The largest absolute Gasteiger partial charge is 0.497 e. The Kier molecular flexibility index (Phi) is 28.9. The number of hydrogen-bond donors (Lipinski definition) is 10. The van der Waals surface area contributed by atoms with Gasteiger partial charge < -0.3 is 45.5 Å². The lowest BCUT2D eigenvalue weighted by molar-refractivity contribution is 0.341. The topological polar surface area (TPSA) is 412 Å². The van der Waals surface area contributed by atoms with E-state index in [-0.39, 0.29) is 33.6 Å². The van der Waals surface area contributed by atoms with Crippen LogP contribution in [0, 0.1) is 34.6 Å². The lowest BCUT2D eigenvalue weighted by Crippen LogP contribution is -2.17. The summed E-state index contributed by atoms with van der Waals surface area (Å²) >= 11 is 19.7. The quantitative estimate of drug-likeness (QED) is 0.0254. The third-order valence-corrected chi connectivity index (χ3v) is 22.9. The Balaban J connectivity index is 0.000000123. The van der Waals surface area contributed by atoms with Crippen molar-refractivity contribution in [2.75, 3.05) is 54.5 Å². The van der Waals surface area contributed by atoms with Gasteiger partial charge in [0.15, 0.2) is 29.1 Å². The Morgan fingerprint density at radius 2 is 0.743 bits per heavy atom. The number of methoxy groups -OCH3 is 3. The molecule has 688 valence electrons. The molecular formula is C98H90Cl3N25O9S. The van der Waals surface area contributed by atoms with Crippen molar-refractivity contribution in [1.82, 2.24) is 97.9 Å². The molecule has 0 radical (unpaired) electrons. The SMILES string of the molecule is CCOc1ccccc1NCc1cc(=O)n2[nH]c(-c3cccs3)nc2n1.COc1ccc(-c2nc3nc(CNc4cc(Cl)ccc4OC)cc(=O)n3[nH]2)cc1.COc1ccc(Cl)cc1NCc1cc(=O)n2[nH]c(-c3ccc(C)c(C)c3)nc2n1.Cc1ccc(Cl)cc1NCc1cc(=O)n2[nH]c(-c3ccccc3C)nc2n1.Cc1cccc(NCc2cc(=O)n3[nH]c(-c4ccccc4)nc3n2)c1. The first-order valence-corrected chi connectivity index (χ1v) is 44.7. The van der Waals surface area contributed by atoms with Gasteiger partial charge in [0, 0.05) is 79.0 Å². The monoisotopic (exact) mass is 1900 g/mol. The van der Waals surface area contributed by atoms with Crippen LogP contribution in [0.1, 0.15) is 63.2 Å². The van der Waals surface area contributed by atoms with Crippen LogP contribution in [0.15, 0.2) is 272 Å². The second kappa shape index (κ2) is 42.4. The van der Waals surface area contributed by atoms with Crippen molar-refractivity contribution in [3.8, 4) is 79.3 Å². The lowest BCUT2D eigenvalue weighted by atomic mass is 10.1. The first-order valence-electron chi connectivity index (χ1n) is 42.7. The molecule has 34 nitrogen and oxygen atoms in total. The molecule has 38 heteroatoms. The minimum atomic E-state index is -0.253. The van der Waals surface area contributed by atoms with Gasteiger partial charge in [-0.2, -0.15) is 47.5 Å². The summed E-state index contributed by atoms with van der Waals surface area (Å²) in [5.74, 6) is 7.51. The number of H-pyrrole nitrogens is 5. The van der Waals surface area contributed by atoms with E-state index >= 15 is 0 Å². The highest BCUT2D eigenvalue weighted by atomic mass is 35.5. The molecule has 0 unspecified atom stereocenters. The molecule has 0 aliphatic rings. The molecule has 10 N–H and O–H groups in total. The average Bonchev–Trinajstić information content (AvgIpc) is 1.66. The molecule has 0 fully saturated rings. The van der Waals surface area contributed by atoms with Gasteiger partial charge in [0.25, 0.3) is 56.7 Å². The van der Waals surface area contributed by atoms with Crippen molar-refractivity contribution in [3.05, 3.63) is 371 Å². The maximum atomic E-state index is 12.5. The zero-order valence-corrected chi connectivity index (χ0v) is 77.9. The number of rotatable bonds is 25. The van der Waals surface area contributed by atoms with Gasteiger partial charge in [0.05, 0.1) is 111 Å². The second-order valence-corrected chi connectivity index (χ2v) is 33.1. The summed E-state index contributed by atoms with van der Waals surface area (Å²) in [7, 11) is 4.77. The van der Waals surface area contributed by atoms with Gasteiger partial charge in [-0.25, -0.2) is 24.9 Å². The first kappa shape index (κ1) is 92.8. The third-order valence-electron chi connectivity index (χ3n) is 21.3. The summed E-state index contributed by atoms with van der Waals surface area (Å²) in [6, 6.07) is 74.2. The molecule has 0 aliphatic heterocycles. The average molecular weight is 1900 g/mol. The Bertz CT molecular complexity index is 8010. The van der Waals surface area contributed by atoms with Gasteiger partial charge in [-0.1, -0.05) is 138 Å². The van der Waals surface area contributed by atoms with E-state index in [1.807, 2.05) is 216 Å². The number of fused-ring (bicyclic) bond motifs is 5. The fraction of sp³-hybridized carbons (Fsp3) is 0.153. The molecule has 9 aromatic carbocycles. The highest BCUT2D eigenvalue weighted by molar-refractivity contribution is 7.13. The van der Waals surface area contributed by atoms with E-state index in [4.69, 9.17) is 53.8 Å². The maximum Gasteiger partial charge on any atom is 0.274 e. The van der Waals surface area contributed by atoms with E-state index in [1.54, 1.807) is 69.1 Å². The van der Waals surface area contributed by atoms with Crippen LogP contribution in [0.2, 0.25) is 15.1 Å². The number of nitrogens with one attached hydrogen (secondary N) is 10. The van der Waals surface area contributed by atoms with Gasteiger partial charge in [0.1, 0.15) is 23.0 Å². The predicted molar refractivity (Wildman–Crippen MR) is 531 cm³/mol. The highest BCUT2D eigenvalue weighted by Crippen LogP contribution is 2.32. The number of aryl methyl sites for hydroxylation is 5.